The van der Waals surface area contributed by atoms with E-state index in [0.29, 0.717) is 67.5 Å². The fraction of sp³-hybridized carbons (Fsp3) is 0. The summed E-state index contributed by atoms with van der Waals surface area (Å²) in [5, 5.41) is 16.8. The van der Waals surface area contributed by atoms with Gasteiger partial charge in [-0.1, -0.05) is 65.9 Å². The Bertz CT molecular complexity index is 4230. The van der Waals surface area contributed by atoms with Crippen molar-refractivity contribution in [2.45, 2.75) is 0 Å². The third kappa shape index (κ3) is 17.7. The minimum atomic E-state index is -0.318. The van der Waals surface area contributed by atoms with Crippen LogP contribution < -0.4 is 31.9 Å². The first-order valence-electron chi connectivity index (χ1n) is 27.4. The Balaban J connectivity index is 0.000000176. The number of hydrogen-bond donors (Lipinski definition) is 6. The van der Waals surface area contributed by atoms with Crippen LogP contribution >= 0.6 is 0 Å². The van der Waals surface area contributed by atoms with Crippen molar-refractivity contribution in [3.05, 3.63) is 309 Å². The standard InChI is InChI=1S/C30H20N2O2.2C24H16N2O2/c1-3-21-5-17-27(18-6-21)31-29(33)25-13-9-23(10-14-25)24-11-15-26(16-12-24)30(34)32-28-19-7-22(4-2)8-20-28;1-3-17-5-13-21(14-6-17)25-23(27)19-9-11-20(12-10-19)24(28)26-22-15-7-18(4-2)8-16-22;1-3-17-8-12-21(13-9-17)25-23(27)19-6-5-7-20(16-19)24(28)26-22-14-10-18(4-2)11-15-22/h1-2,5-20H,(H,31,33)(H,32,34);2*1-2,5-16H,(H,25,27)(H,26,28). The number of carbonyl (C=O) groups excluding carboxylic acids is 6. The molecule has 12 nitrogen and oxygen atoms in total. The molecule has 6 N–H and O–H groups in total. The molecule has 0 aliphatic heterocycles. The second kappa shape index (κ2) is 30.8. The van der Waals surface area contributed by atoms with Crippen LogP contribution in [0, 0.1) is 74.1 Å². The second-order valence-corrected chi connectivity index (χ2v) is 19.4. The zero-order valence-electron chi connectivity index (χ0n) is 48.0. The molecule has 0 atom stereocenters. The minimum absolute atomic E-state index is 0.206. The lowest BCUT2D eigenvalue weighted by Crippen LogP contribution is -2.15. The number of benzene rings is 10. The third-order valence-corrected chi connectivity index (χ3v) is 13.3. The number of carbonyl (C=O) groups is 6. The Morgan fingerprint density at radius 1 is 0.211 bits per heavy atom. The molecule has 10 aromatic rings. The maximum Gasteiger partial charge on any atom is 0.255 e. The molecular formula is C78H52N6O6. The van der Waals surface area contributed by atoms with E-state index >= 15 is 0 Å². The van der Waals surface area contributed by atoms with E-state index in [2.05, 4.69) is 67.4 Å². The van der Waals surface area contributed by atoms with Crippen molar-refractivity contribution in [3.63, 3.8) is 0 Å². The summed E-state index contributed by atoms with van der Waals surface area (Å²) >= 11 is 0. The summed E-state index contributed by atoms with van der Waals surface area (Å²) in [7, 11) is 0. The molecule has 0 saturated carbocycles. The predicted octanol–water partition coefficient (Wildman–Crippen LogP) is 14.1. The zero-order valence-corrected chi connectivity index (χ0v) is 48.0. The molecule has 430 valence electrons. The molecule has 0 heterocycles. The highest BCUT2D eigenvalue weighted by molar-refractivity contribution is 6.10. The number of rotatable bonds is 13. The normalized spacial score (nSPS) is 9.76. The second-order valence-electron chi connectivity index (χ2n) is 19.4. The fourth-order valence-corrected chi connectivity index (χ4v) is 8.32. The van der Waals surface area contributed by atoms with Gasteiger partial charge < -0.3 is 31.9 Å². The van der Waals surface area contributed by atoms with E-state index < -0.39 is 0 Å². The van der Waals surface area contributed by atoms with Crippen molar-refractivity contribution in [1.82, 2.24) is 0 Å². The molecule has 10 rings (SSSR count). The summed E-state index contributed by atoms with van der Waals surface area (Å²) < 4.78 is 0. The van der Waals surface area contributed by atoms with Gasteiger partial charge >= 0.3 is 0 Å². The van der Waals surface area contributed by atoms with Crippen LogP contribution in [-0.4, -0.2) is 35.4 Å². The summed E-state index contributed by atoms with van der Waals surface area (Å²) in [6.07, 6.45) is 32.0. The number of terminal acetylenes is 6. The lowest BCUT2D eigenvalue weighted by molar-refractivity contribution is 0.101. The van der Waals surface area contributed by atoms with Crippen LogP contribution in [0.1, 0.15) is 95.5 Å². The van der Waals surface area contributed by atoms with Gasteiger partial charge in [-0.25, -0.2) is 0 Å². The molecule has 0 bridgehead atoms. The van der Waals surface area contributed by atoms with Crippen molar-refractivity contribution < 1.29 is 28.8 Å². The smallest absolute Gasteiger partial charge is 0.255 e. The summed E-state index contributed by atoms with van der Waals surface area (Å²) in [4.78, 5) is 74.6. The van der Waals surface area contributed by atoms with Crippen LogP contribution in [-0.2, 0) is 0 Å². The summed E-state index contributed by atoms with van der Waals surface area (Å²) in [6.45, 7) is 0. The van der Waals surface area contributed by atoms with Crippen molar-refractivity contribution in [2.75, 3.05) is 31.9 Å². The Hall–Kier alpha value is -13.6. The lowest BCUT2D eigenvalue weighted by Gasteiger charge is -2.08. The summed E-state index contributed by atoms with van der Waals surface area (Å²) in [5.41, 5.74) is 12.9. The topological polar surface area (TPSA) is 175 Å². The highest BCUT2D eigenvalue weighted by Crippen LogP contribution is 2.23. The van der Waals surface area contributed by atoms with Gasteiger partial charge in [0, 0.05) is 101 Å². The predicted molar refractivity (Wildman–Crippen MR) is 359 cm³/mol. The molecule has 0 aromatic heterocycles. The van der Waals surface area contributed by atoms with Crippen LogP contribution in [0.5, 0.6) is 0 Å². The fourth-order valence-electron chi connectivity index (χ4n) is 8.32. The third-order valence-electron chi connectivity index (χ3n) is 13.3. The largest absolute Gasteiger partial charge is 0.322 e. The van der Waals surface area contributed by atoms with Crippen molar-refractivity contribution in [1.29, 1.82) is 0 Å². The van der Waals surface area contributed by atoms with Gasteiger partial charge in [0.25, 0.3) is 35.4 Å². The molecule has 0 aliphatic rings. The van der Waals surface area contributed by atoms with Crippen LogP contribution in [0.4, 0.5) is 34.1 Å². The van der Waals surface area contributed by atoms with Crippen LogP contribution in [0.2, 0.25) is 0 Å². The van der Waals surface area contributed by atoms with Crippen molar-refractivity contribution in [2.24, 2.45) is 0 Å². The van der Waals surface area contributed by atoms with Gasteiger partial charge in [0.2, 0.25) is 0 Å². The molecule has 6 amide bonds. The molecule has 0 fully saturated rings. The minimum Gasteiger partial charge on any atom is -0.322 e. The average Bonchev–Trinajstić information content (AvgIpc) is 3.78. The van der Waals surface area contributed by atoms with E-state index in [1.807, 2.05) is 24.3 Å². The summed E-state index contributed by atoms with van der Waals surface area (Å²) in [6, 6.07) is 69.4. The SMILES string of the molecule is C#Cc1ccc(NC(=O)c2ccc(-c3ccc(C(=O)Nc4ccc(C#C)cc4)cc3)cc2)cc1.C#Cc1ccc(NC(=O)c2ccc(C(=O)Nc3ccc(C#C)cc3)cc2)cc1.C#Cc1ccc(NC(=O)c2cccc(C(=O)Nc3ccc(C#C)cc3)c2)cc1. The van der Waals surface area contributed by atoms with Gasteiger partial charge in [0.1, 0.15) is 0 Å². The maximum atomic E-state index is 12.5. The van der Waals surface area contributed by atoms with Gasteiger partial charge in [-0.05, 0) is 223 Å². The average molecular weight is 1170 g/mol. The molecular weight excluding hydrogens is 1120 g/mol. The molecule has 10 aromatic carbocycles. The van der Waals surface area contributed by atoms with Crippen LogP contribution in [0.15, 0.2) is 243 Å². The lowest BCUT2D eigenvalue weighted by atomic mass is 10.0. The van der Waals surface area contributed by atoms with E-state index in [1.54, 1.807) is 212 Å². The number of nitrogens with one attached hydrogen (secondary N) is 6. The van der Waals surface area contributed by atoms with Crippen molar-refractivity contribution >= 4 is 69.6 Å². The van der Waals surface area contributed by atoms with Crippen molar-refractivity contribution in [3.8, 4) is 85.2 Å². The molecule has 90 heavy (non-hydrogen) atoms. The van der Waals surface area contributed by atoms with E-state index in [9.17, 15) is 28.8 Å². The number of hydrogen-bond acceptors (Lipinski definition) is 6. The van der Waals surface area contributed by atoms with Crippen LogP contribution in [0.25, 0.3) is 11.1 Å². The first kappa shape index (κ1) is 62.4. The molecule has 0 saturated heterocycles. The number of amides is 6. The monoisotopic (exact) mass is 1170 g/mol. The van der Waals surface area contributed by atoms with E-state index in [4.69, 9.17) is 38.5 Å². The molecule has 0 aliphatic carbocycles. The van der Waals surface area contributed by atoms with E-state index in [-0.39, 0.29) is 35.4 Å². The van der Waals surface area contributed by atoms with Crippen LogP contribution in [0.3, 0.4) is 0 Å². The zero-order chi connectivity index (χ0) is 63.8. The molecule has 0 spiro atoms. The van der Waals surface area contributed by atoms with Gasteiger partial charge in [0.05, 0.1) is 0 Å². The Labute approximate surface area is 522 Å². The maximum absolute atomic E-state index is 12.5. The van der Waals surface area contributed by atoms with Gasteiger partial charge in [0.15, 0.2) is 0 Å². The van der Waals surface area contributed by atoms with E-state index in [1.165, 1.54) is 6.07 Å². The van der Waals surface area contributed by atoms with E-state index in [0.717, 1.165) is 44.5 Å². The highest BCUT2D eigenvalue weighted by atomic mass is 16.2. The number of anilines is 6. The molecule has 12 heteroatoms. The Kier molecular flexibility index (Phi) is 21.4. The Morgan fingerprint density at radius 3 is 0.556 bits per heavy atom. The highest BCUT2D eigenvalue weighted by Gasteiger charge is 2.14. The Morgan fingerprint density at radius 2 is 0.378 bits per heavy atom. The molecule has 0 radical (unpaired) electrons. The first-order chi connectivity index (χ1) is 43.7. The first-order valence-corrected chi connectivity index (χ1v) is 27.4. The molecule has 0 unspecified atom stereocenters. The van der Waals surface area contributed by atoms with Gasteiger partial charge in [-0.2, -0.15) is 0 Å². The quantitative estimate of drug-likeness (QED) is 0.0627. The van der Waals surface area contributed by atoms with Gasteiger partial charge in [-0.15, -0.1) is 38.5 Å². The summed E-state index contributed by atoms with van der Waals surface area (Å²) in [5.74, 6) is 13.6. The van der Waals surface area contributed by atoms with Gasteiger partial charge in [-0.3, -0.25) is 28.8 Å².